The maximum Gasteiger partial charge on any atom is 0.471 e. The second-order valence-electron chi connectivity index (χ2n) is 11.2. The largest absolute Gasteiger partial charge is 0.471 e. The van der Waals surface area contributed by atoms with E-state index in [2.05, 4.69) is 20.6 Å². The van der Waals surface area contributed by atoms with Crippen LogP contribution in [0.4, 0.5) is 30.5 Å². The van der Waals surface area contributed by atoms with E-state index >= 15 is 0 Å². The molecule has 0 atom stereocenters. The number of ketones is 1. The van der Waals surface area contributed by atoms with E-state index in [0.29, 0.717) is 34.6 Å². The van der Waals surface area contributed by atoms with Gasteiger partial charge in [-0.2, -0.15) is 13.2 Å². The lowest BCUT2D eigenvalue weighted by molar-refractivity contribution is -0.186. The van der Waals surface area contributed by atoms with E-state index in [0.717, 1.165) is 42.6 Å². The number of benzene rings is 2. The molecule has 11 heteroatoms. The lowest BCUT2D eigenvalue weighted by atomic mass is 9.75. The van der Waals surface area contributed by atoms with Gasteiger partial charge in [-0.15, -0.1) is 0 Å². The fraction of sp³-hybridized carbons (Fsp3) is 0.387. The van der Waals surface area contributed by atoms with Crippen molar-refractivity contribution in [2.24, 2.45) is 5.41 Å². The van der Waals surface area contributed by atoms with Crippen LogP contribution in [0.15, 0.2) is 54.7 Å². The third-order valence-corrected chi connectivity index (χ3v) is 8.01. The lowest BCUT2D eigenvalue weighted by Gasteiger charge is -2.32. The smallest absolute Gasteiger partial charge is 0.330 e. The van der Waals surface area contributed by atoms with Crippen molar-refractivity contribution in [3.05, 3.63) is 77.1 Å². The quantitative estimate of drug-likeness (QED) is 0.333. The molecule has 2 heterocycles. The van der Waals surface area contributed by atoms with Gasteiger partial charge in [-0.05, 0) is 60.7 Å². The summed E-state index contributed by atoms with van der Waals surface area (Å²) in [6, 6.07) is 13.8. The summed E-state index contributed by atoms with van der Waals surface area (Å²) in [4.78, 5) is 47.2. The van der Waals surface area contributed by atoms with Gasteiger partial charge < -0.3 is 15.5 Å². The molecule has 2 aromatic carbocycles. The fourth-order valence-electron chi connectivity index (χ4n) is 5.55. The van der Waals surface area contributed by atoms with Gasteiger partial charge in [0.1, 0.15) is 0 Å². The van der Waals surface area contributed by atoms with Crippen LogP contribution in [0.5, 0.6) is 0 Å². The molecular formula is C31H32F3N5O3. The summed E-state index contributed by atoms with van der Waals surface area (Å²) >= 11 is 0. The van der Waals surface area contributed by atoms with E-state index < -0.39 is 17.5 Å². The zero-order chi connectivity index (χ0) is 29.9. The first-order chi connectivity index (χ1) is 20.0. The molecule has 8 nitrogen and oxygen atoms in total. The van der Waals surface area contributed by atoms with E-state index in [1.54, 1.807) is 48.5 Å². The highest BCUT2D eigenvalue weighted by Gasteiger charge is 2.43. The van der Waals surface area contributed by atoms with Crippen molar-refractivity contribution in [2.45, 2.75) is 64.6 Å². The minimum Gasteiger partial charge on any atom is -0.330 e. The molecule has 0 radical (unpaired) electrons. The number of anilines is 3. The predicted octanol–water partition coefficient (Wildman–Crippen LogP) is 6.00. The first kappa shape index (κ1) is 29.2. The Hall–Kier alpha value is -4.28. The van der Waals surface area contributed by atoms with Crippen molar-refractivity contribution >= 4 is 34.9 Å². The number of aromatic nitrogens is 2. The third kappa shape index (κ3) is 6.78. The number of amides is 2. The molecule has 1 fully saturated rings. The number of hydrogen-bond acceptors (Lipinski definition) is 6. The van der Waals surface area contributed by atoms with Gasteiger partial charge in [-0.1, -0.05) is 44.4 Å². The number of rotatable bonds is 7. The maximum atomic E-state index is 13.1. The van der Waals surface area contributed by atoms with Gasteiger partial charge in [0.25, 0.3) is 0 Å². The van der Waals surface area contributed by atoms with Gasteiger partial charge in [0.05, 0.1) is 12.1 Å². The molecule has 1 aromatic heterocycles. The number of carbonyl (C=O) groups is 3. The van der Waals surface area contributed by atoms with Crippen LogP contribution in [-0.2, 0) is 29.0 Å². The molecule has 0 bridgehead atoms. The van der Waals surface area contributed by atoms with Gasteiger partial charge in [-0.3, -0.25) is 14.4 Å². The highest BCUT2D eigenvalue weighted by Crippen LogP contribution is 2.37. The zero-order valence-electron chi connectivity index (χ0n) is 23.3. The predicted molar refractivity (Wildman–Crippen MR) is 151 cm³/mol. The highest BCUT2D eigenvalue weighted by atomic mass is 19.4. The molecule has 1 saturated carbocycles. The minimum absolute atomic E-state index is 0.00498. The molecule has 3 aromatic rings. The SMILES string of the molecule is CC1(C(=O)Nc2cccc(C(=O)Cc3ccnc(Nc4ccc5c(c4)CN(C(=O)C(F)(F)F)CC5)n3)c2)CCCCC1. The van der Waals surface area contributed by atoms with Crippen LogP contribution >= 0.6 is 0 Å². The van der Waals surface area contributed by atoms with Gasteiger partial charge in [0.2, 0.25) is 11.9 Å². The first-order valence-corrected chi connectivity index (χ1v) is 14.0. The molecule has 2 amide bonds. The van der Waals surface area contributed by atoms with E-state index in [-0.39, 0.29) is 37.1 Å². The Bertz CT molecular complexity index is 1500. The van der Waals surface area contributed by atoms with E-state index in [1.807, 2.05) is 6.92 Å². The second kappa shape index (κ2) is 11.9. The molecule has 2 N–H and O–H groups in total. The maximum absolute atomic E-state index is 13.1. The van der Waals surface area contributed by atoms with Crippen molar-refractivity contribution < 1.29 is 27.6 Å². The topological polar surface area (TPSA) is 104 Å². The third-order valence-electron chi connectivity index (χ3n) is 8.01. The van der Waals surface area contributed by atoms with Crippen molar-refractivity contribution in [1.29, 1.82) is 0 Å². The molecule has 0 spiro atoms. The first-order valence-electron chi connectivity index (χ1n) is 14.0. The number of alkyl halides is 3. The second-order valence-corrected chi connectivity index (χ2v) is 11.2. The number of nitrogens with one attached hydrogen (secondary N) is 2. The molecular weight excluding hydrogens is 547 g/mol. The van der Waals surface area contributed by atoms with E-state index in [4.69, 9.17) is 0 Å². The van der Waals surface area contributed by atoms with Crippen LogP contribution < -0.4 is 10.6 Å². The Morgan fingerprint density at radius 2 is 1.76 bits per heavy atom. The van der Waals surface area contributed by atoms with Crippen LogP contribution in [0.3, 0.4) is 0 Å². The average Bonchev–Trinajstić information content (AvgIpc) is 2.96. The van der Waals surface area contributed by atoms with Gasteiger partial charge in [0, 0.05) is 41.6 Å². The number of hydrogen-bond donors (Lipinski definition) is 2. The molecule has 5 rings (SSSR count). The van der Waals surface area contributed by atoms with Crippen molar-refractivity contribution in [2.75, 3.05) is 17.2 Å². The Kier molecular flexibility index (Phi) is 8.29. The summed E-state index contributed by atoms with van der Waals surface area (Å²) < 4.78 is 38.7. The molecule has 42 heavy (non-hydrogen) atoms. The van der Waals surface area contributed by atoms with E-state index in [9.17, 15) is 27.6 Å². The average molecular weight is 580 g/mol. The van der Waals surface area contributed by atoms with Crippen molar-refractivity contribution in [3.63, 3.8) is 0 Å². The molecule has 1 aliphatic heterocycles. The van der Waals surface area contributed by atoms with Gasteiger partial charge in [-0.25, -0.2) is 9.97 Å². The normalized spacial score (nSPS) is 16.3. The summed E-state index contributed by atoms with van der Waals surface area (Å²) in [5.74, 6) is -1.83. The van der Waals surface area contributed by atoms with Crippen LogP contribution in [0.25, 0.3) is 0 Å². The monoisotopic (exact) mass is 579 g/mol. The Labute approximate surface area is 241 Å². The molecule has 1 aliphatic carbocycles. The molecule has 220 valence electrons. The van der Waals surface area contributed by atoms with Gasteiger partial charge in [0.15, 0.2) is 5.78 Å². The van der Waals surface area contributed by atoms with Gasteiger partial charge >= 0.3 is 12.1 Å². The fourth-order valence-corrected chi connectivity index (χ4v) is 5.55. The number of halogens is 3. The van der Waals surface area contributed by atoms with Crippen LogP contribution in [-0.4, -0.2) is 45.2 Å². The summed E-state index contributed by atoms with van der Waals surface area (Å²) in [6.07, 6.45) is 1.85. The zero-order valence-corrected chi connectivity index (χ0v) is 23.3. The number of carbonyl (C=O) groups excluding carboxylic acids is 3. The number of fused-ring (bicyclic) bond motifs is 1. The lowest BCUT2D eigenvalue weighted by Crippen LogP contribution is -2.43. The van der Waals surface area contributed by atoms with Crippen LogP contribution in [0.2, 0.25) is 0 Å². The van der Waals surface area contributed by atoms with Crippen molar-refractivity contribution in [3.8, 4) is 0 Å². The van der Waals surface area contributed by atoms with Crippen LogP contribution in [0, 0.1) is 5.41 Å². The minimum atomic E-state index is -4.92. The van der Waals surface area contributed by atoms with Crippen molar-refractivity contribution in [1.82, 2.24) is 14.9 Å². The molecule has 0 unspecified atom stereocenters. The standard InChI is InChI=1S/C31H32F3N5O3/c1-30(12-3-2-4-13-30)27(41)36-23-7-5-6-21(16-23)26(40)18-25-10-14-35-29(38-25)37-24-9-8-20-11-15-39(19-22(20)17-24)28(42)31(32,33)34/h5-10,14,16-17H,2-4,11-13,15,18-19H2,1H3,(H,36,41)(H,35,37,38). The Morgan fingerprint density at radius 3 is 2.52 bits per heavy atom. The summed E-state index contributed by atoms with van der Waals surface area (Å²) in [6.45, 7) is 1.86. The summed E-state index contributed by atoms with van der Waals surface area (Å²) in [5.41, 5.74) is 3.13. The number of nitrogens with zero attached hydrogens (tertiary/aromatic N) is 3. The highest BCUT2D eigenvalue weighted by molar-refractivity contribution is 6.00. The van der Waals surface area contributed by atoms with Crippen LogP contribution in [0.1, 0.15) is 66.2 Å². The Balaban J connectivity index is 1.23. The Morgan fingerprint density at radius 1 is 0.976 bits per heavy atom. The number of Topliss-reactive ketones (excluding diaryl/α,β-unsaturated/α-hetero) is 1. The summed E-state index contributed by atoms with van der Waals surface area (Å²) in [5, 5.41) is 6.02. The molecule has 2 aliphatic rings. The van der Waals surface area contributed by atoms with E-state index in [1.165, 1.54) is 6.20 Å². The molecule has 0 saturated heterocycles. The summed E-state index contributed by atoms with van der Waals surface area (Å²) in [7, 11) is 0.